The number of aromatic nitrogens is 2. The van der Waals surface area contributed by atoms with Crippen LogP contribution in [0.25, 0.3) is 97.4 Å². The first-order valence-electron chi connectivity index (χ1n) is 17.9. The van der Waals surface area contributed by atoms with Crippen LogP contribution < -0.4 is 0 Å². The molecule has 0 saturated heterocycles. The monoisotopic (exact) mass is 680 g/mol. The highest BCUT2D eigenvalue weighted by Gasteiger charge is 2.19. The van der Waals surface area contributed by atoms with E-state index in [0.29, 0.717) is 0 Å². The summed E-state index contributed by atoms with van der Waals surface area (Å²) < 4.78 is 7.53. The van der Waals surface area contributed by atoms with Gasteiger partial charge in [-0.15, -0.1) is 11.3 Å². The summed E-state index contributed by atoms with van der Waals surface area (Å²) in [6.07, 6.45) is 0. The van der Waals surface area contributed by atoms with Crippen molar-refractivity contribution in [3.8, 4) is 33.6 Å². The van der Waals surface area contributed by atoms with Crippen LogP contribution in [0.2, 0.25) is 0 Å². The molecule has 0 spiro atoms. The van der Waals surface area contributed by atoms with E-state index in [2.05, 4.69) is 192 Å². The molecule has 3 heteroatoms. The molecule has 0 bridgehead atoms. The van der Waals surface area contributed by atoms with Gasteiger partial charge in [-0.3, -0.25) is 0 Å². The molecule has 11 aromatic rings. The van der Waals surface area contributed by atoms with Gasteiger partial charge in [0.05, 0.1) is 27.8 Å². The van der Waals surface area contributed by atoms with Gasteiger partial charge in [-0.1, -0.05) is 109 Å². The lowest BCUT2D eigenvalue weighted by molar-refractivity contribution is 1.15. The van der Waals surface area contributed by atoms with E-state index in [1.54, 1.807) is 0 Å². The molecule has 52 heavy (non-hydrogen) atoms. The van der Waals surface area contributed by atoms with Crippen LogP contribution in [-0.2, 0) is 0 Å². The molecule has 0 unspecified atom stereocenters. The van der Waals surface area contributed by atoms with Crippen LogP contribution in [0.4, 0.5) is 0 Å². The molecule has 0 N–H and O–H groups in total. The lowest BCUT2D eigenvalue weighted by atomic mass is 9.98. The number of hydrogen-bond acceptors (Lipinski definition) is 1. The van der Waals surface area contributed by atoms with Crippen LogP contribution in [0, 0.1) is 6.92 Å². The first-order chi connectivity index (χ1) is 25.7. The summed E-state index contributed by atoms with van der Waals surface area (Å²) in [6, 6.07) is 64.7. The van der Waals surface area contributed by atoms with Crippen molar-refractivity contribution in [2.75, 3.05) is 0 Å². The van der Waals surface area contributed by atoms with Gasteiger partial charge in [0.15, 0.2) is 0 Å². The highest BCUT2D eigenvalue weighted by atomic mass is 32.1. The summed E-state index contributed by atoms with van der Waals surface area (Å²) in [4.78, 5) is 0. The molecule has 244 valence electrons. The molecule has 0 saturated carbocycles. The first kappa shape index (κ1) is 29.3. The Balaban J connectivity index is 1.11. The fraction of sp³-hybridized carbons (Fsp3) is 0.0204. The van der Waals surface area contributed by atoms with E-state index >= 15 is 0 Å². The molecule has 11 rings (SSSR count). The molecule has 3 aromatic heterocycles. The highest BCUT2D eigenvalue weighted by Crippen LogP contribution is 2.42. The maximum atomic E-state index is 2.49. The van der Waals surface area contributed by atoms with Crippen molar-refractivity contribution in [3.05, 3.63) is 181 Å². The van der Waals surface area contributed by atoms with Gasteiger partial charge in [0.25, 0.3) is 0 Å². The fourth-order valence-electron chi connectivity index (χ4n) is 8.48. The SMILES string of the molecule is Cc1cccc(-c2ccc3sc4ccccc4c3c2)c1-n1c2ccccc2c2cc(-c3ccc4c(c3)c3ccccc3n4-c3ccccc3)ccc21. The molecular formula is C49H32N2S. The van der Waals surface area contributed by atoms with Gasteiger partial charge < -0.3 is 9.13 Å². The maximum Gasteiger partial charge on any atom is 0.0569 e. The van der Waals surface area contributed by atoms with E-state index in [1.165, 1.54) is 103 Å². The van der Waals surface area contributed by atoms with E-state index in [-0.39, 0.29) is 0 Å². The molecule has 0 atom stereocenters. The van der Waals surface area contributed by atoms with E-state index in [9.17, 15) is 0 Å². The lowest BCUT2D eigenvalue weighted by Crippen LogP contribution is -2.00. The standard InChI is InChI=1S/C49H32N2S/c1-31-12-11-18-36(34-24-27-48-42(30-34)39-17-7-10-21-47(39)52-48)49(31)51-44-20-9-6-16-38(44)41-29-33(23-26-46(41)51)32-22-25-45-40(28-32)37-15-5-8-19-43(37)50(45)35-13-3-2-4-14-35/h2-30H,1H3. The number of hydrogen-bond donors (Lipinski definition) is 0. The van der Waals surface area contributed by atoms with Crippen LogP contribution in [0.5, 0.6) is 0 Å². The predicted molar refractivity (Wildman–Crippen MR) is 224 cm³/mol. The Morgan fingerprint density at radius 1 is 0.365 bits per heavy atom. The predicted octanol–water partition coefficient (Wildman–Crippen LogP) is 13.9. The second-order valence-electron chi connectivity index (χ2n) is 13.8. The van der Waals surface area contributed by atoms with Crippen LogP contribution in [0.3, 0.4) is 0 Å². The van der Waals surface area contributed by atoms with Gasteiger partial charge in [-0.2, -0.15) is 0 Å². The minimum Gasteiger partial charge on any atom is -0.309 e. The third-order valence-electron chi connectivity index (χ3n) is 10.8. The Morgan fingerprint density at radius 2 is 0.904 bits per heavy atom. The Labute approximate surface area is 305 Å². The largest absolute Gasteiger partial charge is 0.309 e. The topological polar surface area (TPSA) is 9.86 Å². The molecule has 0 aliphatic carbocycles. The van der Waals surface area contributed by atoms with Gasteiger partial charge in [0.2, 0.25) is 0 Å². The average Bonchev–Trinajstić information content (AvgIpc) is 3.85. The Bertz CT molecular complexity index is 3190. The average molecular weight is 681 g/mol. The second-order valence-corrected chi connectivity index (χ2v) is 14.9. The van der Waals surface area contributed by atoms with Crippen LogP contribution in [0.15, 0.2) is 176 Å². The number of aryl methyl sites for hydroxylation is 1. The summed E-state index contributed by atoms with van der Waals surface area (Å²) in [5.41, 5.74) is 13.4. The van der Waals surface area contributed by atoms with Gasteiger partial charge in [-0.05, 0) is 95.9 Å². The third-order valence-corrected chi connectivity index (χ3v) is 12.0. The van der Waals surface area contributed by atoms with Gasteiger partial charge in [0.1, 0.15) is 0 Å². The normalized spacial score (nSPS) is 11.9. The van der Waals surface area contributed by atoms with Crippen molar-refractivity contribution in [2.45, 2.75) is 6.92 Å². The molecule has 3 heterocycles. The molecule has 2 nitrogen and oxygen atoms in total. The molecule has 0 radical (unpaired) electrons. The zero-order valence-corrected chi connectivity index (χ0v) is 29.4. The molecule has 0 fully saturated rings. The minimum absolute atomic E-state index is 1.18. The third kappa shape index (κ3) is 4.30. The summed E-state index contributed by atoms with van der Waals surface area (Å²) in [7, 11) is 0. The Hall–Kier alpha value is -6.42. The van der Waals surface area contributed by atoms with Crippen molar-refractivity contribution in [3.63, 3.8) is 0 Å². The molecule has 8 aromatic carbocycles. The van der Waals surface area contributed by atoms with Crippen molar-refractivity contribution >= 4 is 75.1 Å². The van der Waals surface area contributed by atoms with Gasteiger partial charge in [-0.25, -0.2) is 0 Å². The molecule has 0 amide bonds. The molecule has 0 aliphatic heterocycles. The van der Waals surface area contributed by atoms with Crippen LogP contribution >= 0.6 is 11.3 Å². The Morgan fingerprint density at radius 3 is 1.63 bits per heavy atom. The number of benzene rings is 8. The number of thiophene rings is 1. The number of para-hydroxylation sites is 4. The maximum absolute atomic E-state index is 2.49. The quantitative estimate of drug-likeness (QED) is 0.175. The van der Waals surface area contributed by atoms with E-state index in [4.69, 9.17) is 0 Å². The van der Waals surface area contributed by atoms with Crippen molar-refractivity contribution in [1.82, 2.24) is 9.13 Å². The summed E-state index contributed by atoms with van der Waals surface area (Å²) >= 11 is 1.87. The Kier molecular flexibility index (Phi) is 6.37. The fourth-order valence-corrected chi connectivity index (χ4v) is 9.57. The number of rotatable bonds is 4. The zero-order chi connectivity index (χ0) is 34.3. The van der Waals surface area contributed by atoms with Crippen LogP contribution in [0.1, 0.15) is 5.56 Å². The molecular weight excluding hydrogens is 649 g/mol. The lowest BCUT2D eigenvalue weighted by Gasteiger charge is -2.17. The zero-order valence-electron chi connectivity index (χ0n) is 28.5. The van der Waals surface area contributed by atoms with E-state index in [1.807, 2.05) is 11.3 Å². The highest BCUT2D eigenvalue weighted by molar-refractivity contribution is 7.25. The second kappa shape index (κ2) is 11.3. The van der Waals surface area contributed by atoms with E-state index < -0.39 is 0 Å². The van der Waals surface area contributed by atoms with Crippen LogP contribution in [-0.4, -0.2) is 9.13 Å². The van der Waals surface area contributed by atoms with Crippen molar-refractivity contribution in [2.24, 2.45) is 0 Å². The van der Waals surface area contributed by atoms with Crippen molar-refractivity contribution in [1.29, 1.82) is 0 Å². The summed E-state index contributed by atoms with van der Waals surface area (Å²) in [6.45, 7) is 2.24. The van der Waals surface area contributed by atoms with E-state index in [0.717, 1.165) is 0 Å². The van der Waals surface area contributed by atoms with Gasteiger partial charge in [0, 0.05) is 53.0 Å². The van der Waals surface area contributed by atoms with Crippen molar-refractivity contribution < 1.29 is 0 Å². The van der Waals surface area contributed by atoms with Gasteiger partial charge >= 0.3 is 0 Å². The minimum atomic E-state index is 1.18. The number of nitrogens with zero attached hydrogens (tertiary/aromatic N) is 2. The summed E-state index contributed by atoms with van der Waals surface area (Å²) in [5, 5.41) is 7.69. The summed E-state index contributed by atoms with van der Waals surface area (Å²) in [5.74, 6) is 0. The smallest absolute Gasteiger partial charge is 0.0569 e. The molecule has 0 aliphatic rings. The number of fused-ring (bicyclic) bond motifs is 9. The first-order valence-corrected chi connectivity index (χ1v) is 18.7.